The Kier molecular flexibility index (Phi) is 8.47. The lowest BCUT2D eigenvalue weighted by Gasteiger charge is -2.29. The molecule has 0 aromatic heterocycles. The normalized spacial score (nSPS) is 12.6. The van der Waals surface area contributed by atoms with Crippen molar-refractivity contribution in [1.82, 2.24) is 4.90 Å². The molecule has 0 heterocycles. The Bertz CT molecular complexity index is 718. The van der Waals surface area contributed by atoms with Crippen LogP contribution in [0, 0.1) is 5.92 Å². The number of nitrogens with one attached hydrogen (secondary N) is 1. The van der Waals surface area contributed by atoms with Crippen LogP contribution in [0.3, 0.4) is 0 Å². The van der Waals surface area contributed by atoms with Gasteiger partial charge in [-0.25, -0.2) is 4.79 Å². The van der Waals surface area contributed by atoms with E-state index >= 15 is 0 Å². The first-order chi connectivity index (χ1) is 13.3. The number of alkyl halides is 3. The van der Waals surface area contributed by atoms with Crippen molar-refractivity contribution in [1.29, 1.82) is 0 Å². The maximum atomic E-state index is 12.7. The van der Waals surface area contributed by atoms with E-state index in [1.54, 1.807) is 27.7 Å². The van der Waals surface area contributed by atoms with Gasteiger partial charge in [0.15, 0.2) is 6.10 Å². The van der Waals surface area contributed by atoms with Gasteiger partial charge in [0.05, 0.1) is 5.56 Å². The molecule has 0 saturated carbocycles. The summed E-state index contributed by atoms with van der Waals surface area (Å²) in [7, 11) is 0. The number of hydrogen-bond acceptors (Lipinski definition) is 4. The minimum absolute atomic E-state index is 0.0401. The number of carbonyl (C=O) groups is 3. The molecule has 1 atom stereocenters. The topological polar surface area (TPSA) is 95.9 Å². The van der Waals surface area contributed by atoms with Crippen LogP contribution in [0.4, 0.5) is 23.7 Å². The van der Waals surface area contributed by atoms with Crippen LogP contribution in [-0.2, 0) is 20.5 Å². The quantitative estimate of drug-likeness (QED) is 0.666. The molecule has 1 rings (SSSR count). The molecular formula is C19H25F3N2O5. The van der Waals surface area contributed by atoms with Gasteiger partial charge in [-0.2, -0.15) is 13.2 Å². The Morgan fingerprint density at radius 1 is 1.10 bits per heavy atom. The molecule has 2 amide bonds. The summed E-state index contributed by atoms with van der Waals surface area (Å²) in [4.78, 5) is 37.0. The van der Waals surface area contributed by atoms with E-state index in [2.05, 4.69) is 5.32 Å². The second-order valence-corrected chi connectivity index (χ2v) is 7.18. The number of rotatable bonds is 8. The third kappa shape index (κ3) is 8.00. The largest absolute Gasteiger partial charge is 0.480 e. The molecule has 0 spiro atoms. The maximum absolute atomic E-state index is 12.7. The minimum atomic E-state index is -4.50. The summed E-state index contributed by atoms with van der Waals surface area (Å²) in [6.07, 6.45) is -6.60. The fourth-order valence-corrected chi connectivity index (χ4v) is 2.49. The first-order valence-electron chi connectivity index (χ1n) is 8.98. The van der Waals surface area contributed by atoms with Gasteiger partial charge in [-0.1, -0.05) is 13.8 Å². The predicted octanol–water partition coefficient (Wildman–Crippen LogP) is 3.99. The average Bonchev–Trinajstić information content (AvgIpc) is 2.57. The third-order valence-corrected chi connectivity index (χ3v) is 3.88. The van der Waals surface area contributed by atoms with Crippen LogP contribution in [0.5, 0.6) is 0 Å². The molecule has 0 fully saturated rings. The fourth-order valence-electron chi connectivity index (χ4n) is 2.49. The van der Waals surface area contributed by atoms with E-state index in [1.807, 2.05) is 0 Å². The van der Waals surface area contributed by atoms with Gasteiger partial charge in [-0.3, -0.25) is 14.9 Å². The number of carbonyl (C=O) groups excluding carboxylic acids is 2. The number of benzene rings is 1. The van der Waals surface area contributed by atoms with Gasteiger partial charge in [0, 0.05) is 11.7 Å². The van der Waals surface area contributed by atoms with Gasteiger partial charge in [-0.15, -0.1) is 0 Å². The van der Waals surface area contributed by atoms with Crippen molar-refractivity contribution in [2.75, 3.05) is 11.9 Å². The SMILES string of the molecule is CC(C)CC(OC(=O)Nc1ccc(C(F)(F)F)cc1)C(=O)N(CC(=O)O)C(C)C. The molecular weight excluding hydrogens is 393 g/mol. The molecule has 1 aromatic rings. The van der Waals surface area contributed by atoms with Gasteiger partial charge >= 0.3 is 18.2 Å². The highest BCUT2D eigenvalue weighted by atomic mass is 19.4. The number of halogens is 3. The summed E-state index contributed by atoms with van der Waals surface area (Å²) in [5, 5.41) is 11.3. The number of ether oxygens (including phenoxy) is 1. The number of hydrogen-bond donors (Lipinski definition) is 2. The van der Waals surface area contributed by atoms with Gasteiger partial charge < -0.3 is 14.7 Å². The zero-order valence-electron chi connectivity index (χ0n) is 16.6. The minimum Gasteiger partial charge on any atom is -0.480 e. The maximum Gasteiger partial charge on any atom is 0.416 e. The Labute approximate surface area is 166 Å². The highest BCUT2D eigenvalue weighted by molar-refractivity contribution is 5.90. The van der Waals surface area contributed by atoms with E-state index in [0.717, 1.165) is 29.2 Å². The highest BCUT2D eigenvalue weighted by Gasteiger charge is 2.32. The van der Waals surface area contributed by atoms with E-state index in [4.69, 9.17) is 9.84 Å². The van der Waals surface area contributed by atoms with Crippen LogP contribution in [0.1, 0.15) is 39.7 Å². The Morgan fingerprint density at radius 3 is 2.07 bits per heavy atom. The molecule has 0 aliphatic rings. The van der Waals surface area contributed by atoms with E-state index in [-0.39, 0.29) is 18.0 Å². The standard InChI is InChI=1S/C19H25F3N2O5/c1-11(2)9-15(17(27)24(12(3)4)10-16(25)26)29-18(28)23-14-7-5-13(6-8-14)19(20,21)22/h5-8,11-12,15H,9-10H2,1-4H3,(H,23,28)(H,25,26). The van der Waals surface area contributed by atoms with Crippen molar-refractivity contribution in [2.24, 2.45) is 5.92 Å². The summed E-state index contributed by atoms with van der Waals surface area (Å²) in [5.74, 6) is -1.90. The number of carboxylic acids is 1. The van der Waals surface area contributed by atoms with Crippen molar-refractivity contribution in [3.8, 4) is 0 Å². The molecule has 10 heteroatoms. The van der Waals surface area contributed by atoms with Gasteiger partial charge in [-0.05, 0) is 50.5 Å². The number of amides is 2. The van der Waals surface area contributed by atoms with Crippen molar-refractivity contribution >= 4 is 23.7 Å². The molecule has 29 heavy (non-hydrogen) atoms. The lowest BCUT2D eigenvalue weighted by atomic mass is 10.0. The number of nitrogens with zero attached hydrogens (tertiary/aromatic N) is 1. The monoisotopic (exact) mass is 418 g/mol. The molecule has 0 aliphatic carbocycles. The van der Waals surface area contributed by atoms with Gasteiger partial charge in [0.2, 0.25) is 0 Å². The van der Waals surface area contributed by atoms with Crippen molar-refractivity contribution in [3.63, 3.8) is 0 Å². The molecule has 1 unspecified atom stereocenters. The lowest BCUT2D eigenvalue weighted by Crippen LogP contribution is -2.48. The Hall–Kier alpha value is -2.78. The third-order valence-electron chi connectivity index (χ3n) is 3.88. The van der Waals surface area contributed by atoms with E-state index < -0.39 is 48.4 Å². The fraction of sp³-hybridized carbons (Fsp3) is 0.526. The van der Waals surface area contributed by atoms with Crippen LogP contribution in [0.25, 0.3) is 0 Å². The van der Waals surface area contributed by atoms with Crippen molar-refractivity contribution < 1.29 is 37.4 Å². The molecule has 0 aliphatic heterocycles. The molecule has 162 valence electrons. The first kappa shape index (κ1) is 24.3. The molecule has 0 saturated heterocycles. The molecule has 0 bridgehead atoms. The predicted molar refractivity (Wildman–Crippen MR) is 99.3 cm³/mol. The second kappa shape index (κ2) is 10.1. The van der Waals surface area contributed by atoms with E-state index in [1.165, 1.54) is 0 Å². The number of anilines is 1. The summed E-state index contributed by atoms with van der Waals surface area (Å²) >= 11 is 0. The van der Waals surface area contributed by atoms with Gasteiger partial charge in [0.1, 0.15) is 6.54 Å². The number of aliphatic carboxylic acids is 1. The van der Waals surface area contributed by atoms with Crippen LogP contribution in [0.2, 0.25) is 0 Å². The average molecular weight is 418 g/mol. The molecule has 2 N–H and O–H groups in total. The Balaban J connectivity index is 2.90. The molecule has 1 aromatic carbocycles. The summed E-state index contributed by atoms with van der Waals surface area (Å²) in [6, 6.07) is 3.30. The molecule has 0 radical (unpaired) electrons. The van der Waals surface area contributed by atoms with Gasteiger partial charge in [0.25, 0.3) is 5.91 Å². The van der Waals surface area contributed by atoms with Crippen LogP contribution in [0.15, 0.2) is 24.3 Å². The lowest BCUT2D eigenvalue weighted by molar-refractivity contribution is -0.150. The molecule has 7 nitrogen and oxygen atoms in total. The van der Waals surface area contributed by atoms with E-state index in [9.17, 15) is 27.6 Å². The summed E-state index contributed by atoms with van der Waals surface area (Å²) < 4.78 is 43.0. The van der Waals surface area contributed by atoms with Crippen molar-refractivity contribution in [2.45, 2.75) is 52.4 Å². The second-order valence-electron chi connectivity index (χ2n) is 7.18. The Morgan fingerprint density at radius 2 is 1.66 bits per heavy atom. The zero-order chi connectivity index (χ0) is 22.4. The van der Waals surface area contributed by atoms with Crippen LogP contribution in [-0.4, -0.2) is 46.7 Å². The van der Waals surface area contributed by atoms with Crippen LogP contribution >= 0.6 is 0 Å². The zero-order valence-corrected chi connectivity index (χ0v) is 16.6. The van der Waals surface area contributed by atoms with Crippen molar-refractivity contribution in [3.05, 3.63) is 29.8 Å². The first-order valence-corrected chi connectivity index (χ1v) is 8.98. The highest BCUT2D eigenvalue weighted by Crippen LogP contribution is 2.29. The van der Waals surface area contributed by atoms with Crippen LogP contribution < -0.4 is 5.32 Å². The van der Waals surface area contributed by atoms with E-state index in [0.29, 0.717) is 0 Å². The number of carboxylic acid groups (broad SMARTS) is 1. The smallest absolute Gasteiger partial charge is 0.416 e. The summed E-state index contributed by atoms with van der Waals surface area (Å²) in [5.41, 5.74) is -0.810. The summed E-state index contributed by atoms with van der Waals surface area (Å²) in [6.45, 7) is 6.32.